The number of carboxylic acids is 1. The molecule has 1 saturated heterocycles. The quantitative estimate of drug-likeness (QED) is 0.760. The summed E-state index contributed by atoms with van der Waals surface area (Å²) in [6, 6.07) is 4.62. The number of hydrogen-bond acceptors (Lipinski definition) is 3. The minimum Gasteiger partial charge on any atom is -0.478 e. The van der Waals surface area contributed by atoms with E-state index in [4.69, 9.17) is 4.74 Å². The van der Waals surface area contributed by atoms with Gasteiger partial charge in [-0.05, 0) is 53.6 Å². The zero-order valence-electron chi connectivity index (χ0n) is 11.6. The van der Waals surface area contributed by atoms with Crippen molar-refractivity contribution in [2.45, 2.75) is 18.9 Å². The molecule has 114 valence electrons. The molecular formula is C14H17IN2O4. The first-order chi connectivity index (χ1) is 10.0. The number of benzene rings is 1. The SMILES string of the molecule is COC1CCCN(C(=O)Nc2ccc(I)cc2C(=O)O)C1. The first-order valence-electron chi connectivity index (χ1n) is 6.63. The van der Waals surface area contributed by atoms with Crippen molar-refractivity contribution in [1.29, 1.82) is 0 Å². The molecule has 6 nitrogen and oxygen atoms in total. The van der Waals surface area contributed by atoms with E-state index in [9.17, 15) is 14.7 Å². The van der Waals surface area contributed by atoms with E-state index in [1.165, 1.54) is 6.07 Å². The van der Waals surface area contributed by atoms with Crippen molar-refractivity contribution < 1.29 is 19.4 Å². The number of amides is 2. The molecule has 7 heteroatoms. The number of nitrogens with one attached hydrogen (secondary N) is 1. The van der Waals surface area contributed by atoms with Gasteiger partial charge in [0.05, 0.1) is 17.4 Å². The molecule has 21 heavy (non-hydrogen) atoms. The molecule has 2 rings (SSSR count). The maximum absolute atomic E-state index is 12.3. The van der Waals surface area contributed by atoms with Crippen molar-refractivity contribution >= 4 is 40.3 Å². The Morgan fingerprint density at radius 3 is 2.90 bits per heavy atom. The fourth-order valence-corrected chi connectivity index (χ4v) is 2.80. The summed E-state index contributed by atoms with van der Waals surface area (Å²) in [5.74, 6) is -1.06. The second-order valence-corrected chi connectivity index (χ2v) is 6.12. The van der Waals surface area contributed by atoms with Crippen LogP contribution in [0.3, 0.4) is 0 Å². The van der Waals surface area contributed by atoms with Gasteiger partial charge in [0.15, 0.2) is 0 Å². The fraction of sp³-hybridized carbons (Fsp3) is 0.429. The van der Waals surface area contributed by atoms with Crippen molar-refractivity contribution in [3.05, 3.63) is 27.3 Å². The van der Waals surface area contributed by atoms with E-state index in [1.807, 2.05) is 22.6 Å². The number of methoxy groups -OCH3 is 1. The third kappa shape index (κ3) is 4.07. The number of likely N-dealkylation sites (tertiary alicyclic amines) is 1. The van der Waals surface area contributed by atoms with E-state index in [-0.39, 0.29) is 17.7 Å². The van der Waals surface area contributed by atoms with E-state index in [0.717, 1.165) is 16.4 Å². The second-order valence-electron chi connectivity index (χ2n) is 4.87. The van der Waals surface area contributed by atoms with Crippen LogP contribution in [0.25, 0.3) is 0 Å². The van der Waals surface area contributed by atoms with Gasteiger partial charge in [-0.1, -0.05) is 0 Å². The Morgan fingerprint density at radius 2 is 2.24 bits per heavy atom. The first kappa shape index (κ1) is 16.0. The summed E-state index contributed by atoms with van der Waals surface area (Å²) < 4.78 is 6.09. The van der Waals surface area contributed by atoms with Gasteiger partial charge in [-0.15, -0.1) is 0 Å². The number of carbonyl (C=O) groups is 2. The van der Waals surface area contributed by atoms with Gasteiger partial charge in [-0.2, -0.15) is 0 Å². The minimum atomic E-state index is -1.06. The topological polar surface area (TPSA) is 78.9 Å². The van der Waals surface area contributed by atoms with E-state index in [1.54, 1.807) is 24.1 Å². The molecule has 1 aliphatic rings. The summed E-state index contributed by atoms with van der Waals surface area (Å²) in [5, 5.41) is 11.9. The normalized spacial score (nSPS) is 18.4. The third-order valence-electron chi connectivity index (χ3n) is 3.45. The fourth-order valence-electron chi connectivity index (χ4n) is 2.31. The molecule has 0 bridgehead atoms. The van der Waals surface area contributed by atoms with Crippen molar-refractivity contribution in [1.82, 2.24) is 4.90 Å². The van der Waals surface area contributed by atoms with Crippen LogP contribution in [0, 0.1) is 3.57 Å². The lowest BCUT2D eigenvalue weighted by atomic mass is 10.1. The minimum absolute atomic E-state index is 0.0418. The van der Waals surface area contributed by atoms with Crippen molar-refractivity contribution in [2.75, 3.05) is 25.5 Å². The molecule has 0 aliphatic carbocycles. The molecular weight excluding hydrogens is 387 g/mol. The highest BCUT2D eigenvalue weighted by atomic mass is 127. The second kappa shape index (κ2) is 7.08. The lowest BCUT2D eigenvalue weighted by molar-refractivity contribution is 0.0458. The Labute approximate surface area is 136 Å². The van der Waals surface area contributed by atoms with Gasteiger partial charge >= 0.3 is 12.0 Å². The molecule has 2 N–H and O–H groups in total. The smallest absolute Gasteiger partial charge is 0.337 e. The van der Waals surface area contributed by atoms with Gasteiger partial charge in [0.1, 0.15) is 0 Å². The number of ether oxygens (including phenoxy) is 1. The molecule has 0 spiro atoms. The van der Waals surface area contributed by atoms with Gasteiger partial charge in [0.2, 0.25) is 0 Å². The summed E-state index contributed by atoms with van der Waals surface area (Å²) in [6.45, 7) is 1.17. The van der Waals surface area contributed by atoms with Gasteiger partial charge in [-0.3, -0.25) is 0 Å². The monoisotopic (exact) mass is 404 g/mol. The predicted octanol–water partition coefficient (Wildman–Crippen LogP) is 2.63. The lowest BCUT2D eigenvalue weighted by Gasteiger charge is -2.32. The zero-order chi connectivity index (χ0) is 15.4. The van der Waals surface area contributed by atoms with Crippen LogP contribution in [0.4, 0.5) is 10.5 Å². The number of hydrogen-bond donors (Lipinski definition) is 2. The summed E-state index contributed by atoms with van der Waals surface area (Å²) in [4.78, 5) is 25.1. The van der Waals surface area contributed by atoms with E-state index >= 15 is 0 Å². The molecule has 0 saturated carbocycles. The van der Waals surface area contributed by atoms with Crippen LogP contribution >= 0.6 is 22.6 Å². The molecule has 2 amide bonds. The van der Waals surface area contributed by atoms with Crippen LogP contribution < -0.4 is 5.32 Å². The van der Waals surface area contributed by atoms with Crippen molar-refractivity contribution in [3.8, 4) is 0 Å². The molecule has 1 heterocycles. The highest BCUT2D eigenvalue weighted by molar-refractivity contribution is 14.1. The van der Waals surface area contributed by atoms with Crippen LogP contribution in [0.2, 0.25) is 0 Å². The number of anilines is 1. The highest BCUT2D eigenvalue weighted by Gasteiger charge is 2.24. The molecule has 1 fully saturated rings. The number of carbonyl (C=O) groups excluding carboxylic acids is 1. The molecule has 1 aromatic carbocycles. The maximum atomic E-state index is 12.3. The molecule has 1 aromatic rings. The summed E-state index contributed by atoms with van der Waals surface area (Å²) in [6.07, 6.45) is 1.86. The average Bonchev–Trinajstić information content (AvgIpc) is 2.48. The van der Waals surface area contributed by atoms with Crippen LogP contribution in [-0.4, -0.2) is 48.3 Å². The first-order valence-corrected chi connectivity index (χ1v) is 7.70. The number of piperidine rings is 1. The van der Waals surface area contributed by atoms with Crippen molar-refractivity contribution in [2.24, 2.45) is 0 Å². The Kier molecular flexibility index (Phi) is 5.40. The molecule has 0 radical (unpaired) electrons. The van der Waals surface area contributed by atoms with Gasteiger partial charge < -0.3 is 20.1 Å². The number of rotatable bonds is 3. The molecule has 1 aliphatic heterocycles. The maximum Gasteiger partial charge on any atom is 0.337 e. The predicted molar refractivity (Wildman–Crippen MR) is 86.7 cm³/mol. The Morgan fingerprint density at radius 1 is 1.48 bits per heavy atom. The van der Waals surface area contributed by atoms with E-state index in [0.29, 0.717) is 18.8 Å². The number of urea groups is 1. The van der Waals surface area contributed by atoms with Crippen molar-refractivity contribution in [3.63, 3.8) is 0 Å². The van der Waals surface area contributed by atoms with Gasteiger partial charge in [0, 0.05) is 23.8 Å². The van der Waals surface area contributed by atoms with Crippen LogP contribution in [0.15, 0.2) is 18.2 Å². The summed E-state index contributed by atoms with van der Waals surface area (Å²) in [7, 11) is 1.63. The van der Waals surface area contributed by atoms with Gasteiger partial charge in [-0.25, -0.2) is 9.59 Å². The van der Waals surface area contributed by atoms with Crippen LogP contribution in [0.1, 0.15) is 23.2 Å². The number of nitrogens with zero attached hydrogens (tertiary/aromatic N) is 1. The molecule has 1 atom stereocenters. The number of carboxylic acid groups (broad SMARTS) is 1. The van der Waals surface area contributed by atoms with E-state index in [2.05, 4.69) is 5.32 Å². The molecule has 1 unspecified atom stereocenters. The standard InChI is InChI=1S/C14H17IN2O4/c1-21-10-3-2-6-17(8-10)14(20)16-12-5-4-9(15)7-11(12)13(18)19/h4-5,7,10H,2-3,6,8H2,1H3,(H,16,20)(H,18,19). The average molecular weight is 404 g/mol. The highest BCUT2D eigenvalue weighted by Crippen LogP contribution is 2.20. The van der Waals surface area contributed by atoms with Crippen LogP contribution in [0.5, 0.6) is 0 Å². The van der Waals surface area contributed by atoms with Gasteiger partial charge in [0.25, 0.3) is 0 Å². The Hall–Kier alpha value is -1.35. The van der Waals surface area contributed by atoms with E-state index < -0.39 is 5.97 Å². The lowest BCUT2D eigenvalue weighted by Crippen LogP contribution is -2.45. The third-order valence-corrected chi connectivity index (χ3v) is 4.12. The Balaban J connectivity index is 2.11. The summed E-state index contributed by atoms with van der Waals surface area (Å²) >= 11 is 2.04. The zero-order valence-corrected chi connectivity index (χ0v) is 13.8. The molecule has 0 aromatic heterocycles. The number of halogens is 1. The Bertz CT molecular complexity index is 550. The van der Waals surface area contributed by atoms with Crippen LogP contribution in [-0.2, 0) is 4.74 Å². The number of aromatic carboxylic acids is 1. The largest absolute Gasteiger partial charge is 0.478 e. The summed E-state index contributed by atoms with van der Waals surface area (Å²) in [5.41, 5.74) is 0.406.